The molecule has 10 heteroatoms. The van der Waals surface area contributed by atoms with Crippen molar-refractivity contribution in [3.8, 4) is 5.75 Å². The van der Waals surface area contributed by atoms with Crippen LogP contribution in [0.3, 0.4) is 0 Å². The summed E-state index contributed by atoms with van der Waals surface area (Å²) in [6, 6.07) is 18.8. The molecule has 1 fully saturated rings. The fourth-order valence-electron chi connectivity index (χ4n) is 3.04. The van der Waals surface area contributed by atoms with Crippen LogP contribution in [0.5, 0.6) is 5.75 Å². The molecule has 0 radical (unpaired) electrons. The molecule has 1 aliphatic rings. The molecule has 0 saturated carbocycles. The molecule has 34 heavy (non-hydrogen) atoms. The van der Waals surface area contributed by atoms with E-state index in [0.717, 1.165) is 5.56 Å². The van der Waals surface area contributed by atoms with Crippen LogP contribution in [0.2, 0.25) is 15.1 Å². The average molecular weight is 550 g/mol. The smallest absolute Gasteiger partial charge is 0.270 e. The highest BCUT2D eigenvalue weighted by molar-refractivity contribution is 8.27. The van der Waals surface area contributed by atoms with Gasteiger partial charge in [0, 0.05) is 10.7 Å². The van der Waals surface area contributed by atoms with Crippen LogP contribution in [-0.4, -0.2) is 22.7 Å². The molecule has 0 spiro atoms. The normalized spacial score (nSPS) is 14.6. The van der Waals surface area contributed by atoms with Crippen LogP contribution in [0.4, 0.5) is 11.4 Å². The van der Waals surface area contributed by atoms with Gasteiger partial charge < -0.3 is 10.1 Å². The molecule has 1 aliphatic heterocycles. The molecular formula is C24H15Cl3N2O3S2. The lowest BCUT2D eigenvalue weighted by Gasteiger charge is -2.15. The van der Waals surface area contributed by atoms with Gasteiger partial charge in [0.05, 0.1) is 20.6 Å². The first-order chi connectivity index (χ1) is 16.3. The van der Waals surface area contributed by atoms with E-state index in [0.29, 0.717) is 41.4 Å². The van der Waals surface area contributed by atoms with Gasteiger partial charge in [-0.2, -0.15) is 0 Å². The number of thioether (sulfide) groups is 1. The molecule has 0 atom stereocenters. The SMILES string of the molecule is O=C(COc1ccc(/C=C2\SC(=S)N(c3ccc(Cl)c(Cl)c3)C2=O)cc1)Nc1cccc(Cl)c1. The van der Waals surface area contributed by atoms with Crippen molar-refractivity contribution in [2.45, 2.75) is 0 Å². The molecule has 0 bridgehead atoms. The van der Waals surface area contributed by atoms with E-state index in [9.17, 15) is 9.59 Å². The largest absolute Gasteiger partial charge is 0.484 e. The lowest BCUT2D eigenvalue weighted by atomic mass is 10.2. The number of hydrogen-bond donors (Lipinski definition) is 1. The van der Waals surface area contributed by atoms with E-state index in [1.165, 1.54) is 16.7 Å². The van der Waals surface area contributed by atoms with Crippen molar-refractivity contribution < 1.29 is 14.3 Å². The van der Waals surface area contributed by atoms with Crippen LogP contribution in [-0.2, 0) is 9.59 Å². The summed E-state index contributed by atoms with van der Waals surface area (Å²) in [6.07, 6.45) is 1.74. The van der Waals surface area contributed by atoms with E-state index >= 15 is 0 Å². The second-order valence-electron chi connectivity index (χ2n) is 7.03. The Bertz CT molecular complexity index is 1310. The van der Waals surface area contributed by atoms with Crippen LogP contribution in [0.15, 0.2) is 71.6 Å². The quantitative estimate of drug-likeness (QED) is 0.263. The third kappa shape index (κ3) is 5.92. The van der Waals surface area contributed by atoms with Crippen LogP contribution in [0.1, 0.15) is 5.56 Å². The van der Waals surface area contributed by atoms with Gasteiger partial charge in [0.25, 0.3) is 11.8 Å². The van der Waals surface area contributed by atoms with Crippen molar-refractivity contribution in [3.63, 3.8) is 0 Å². The number of thiocarbonyl (C=S) groups is 1. The summed E-state index contributed by atoms with van der Waals surface area (Å²) in [4.78, 5) is 26.9. The minimum atomic E-state index is -0.308. The van der Waals surface area contributed by atoms with Crippen LogP contribution in [0, 0.1) is 0 Å². The van der Waals surface area contributed by atoms with Gasteiger partial charge in [-0.25, -0.2) is 0 Å². The molecule has 0 aromatic heterocycles. The van der Waals surface area contributed by atoms with Crippen molar-refractivity contribution >= 4 is 92.4 Å². The zero-order valence-corrected chi connectivity index (χ0v) is 21.2. The van der Waals surface area contributed by atoms with Gasteiger partial charge in [-0.1, -0.05) is 77.0 Å². The predicted molar refractivity (Wildman–Crippen MR) is 144 cm³/mol. The van der Waals surface area contributed by atoms with Gasteiger partial charge in [-0.05, 0) is 60.2 Å². The maximum atomic E-state index is 12.9. The Labute approximate surface area is 220 Å². The molecule has 1 saturated heterocycles. The van der Waals surface area contributed by atoms with Crippen molar-refractivity contribution in [1.82, 2.24) is 0 Å². The first-order valence-electron chi connectivity index (χ1n) is 9.81. The maximum absolute atomic E-state index is 12.9. The number of rotatable bonds is 6. The number of carbonyl (C=O) groups is 2. The minimum absolute atomic E-state index is 0.159. The Morgan fingerprint density at radius 1 is 1.03 bits per heavy atom. The Morgan fingerprint density at radius 2 is 1.79 bits per heavy atom. The number of hydrogen-bond acceptors (Lipinski definition) is 5. The van der Waals surface area contributed by atoms with Crippen molar-refractivity contribution in [3.05, 3.63) is 92.3 Å². The molecule has 4 rings (SSSR count). The van der Waals surface area contributed by atoms with Crippen LogP contribution < -0.4 is 15.0 Å². The summed E-state index contributed by atoms with van der Waals surface area (Å²) in [6.45, 7) is -0.159. The molecule has 0 aliphatic carbocycles. The molecule has 172 valence electrons. The first-order valence-corrected chi connectivity index (χ1v) is 12.2. The Hall–Kier alpha value is -2.55. The summed E-state index contributed by atoms with van der Waals surface area (Å²) in [5.41, 5.74) is 1.93. The number of amides is 2. The van der Waals surface area contributed by atoms with Gasteiger partial charge in [0.1, 0.15) is 5.75 Å². The van der Waals surface area contributed by atoms with E-state index in [1.807, 2.05) is 0 Å². The van der Waals surface area contributed by atoms with Crippen molar-refractivity contribution in [2.24, 2.45) is 0 Å². The highest BCUT2D eigenvalue weighted by Gasteiger charge is 2.33. The number of anilines is 2. The van der Waals surface area contributed by atoms with E-state index < -0.39 is 0 Å². The topological polar surface area (TPSA) is 58.6 Å². The van der Waals surface area contributed by atoms with Crippen LogP contribution in [0.25, 0.3) is 6.08 Å². The Kier molecular flexibility index (Phi) is 7.80. The number of nitrogens with zero attached hydrogens (tertiary/aromatic N) is 1. The monoisotopic (exact) mass is 548 g/mol. The summed E-state index contributed by atoms with van der Waals surface area (Å²) >= 11 is 24.6. The van der Waals surface area contributed by atoms with Gasteiger partial charge in [-0.3, -0.25) is 14.5 Å². The molecule has 5 nitrogen and oxygen atoms in total. The number of halogens is 3. The maximum Gasteiger partial charge on any atom is 0.270 e. The Balaban J connectivity index is 1.38. The standard InChI is InChI=1S/C24H15Cl3N2O3S2/c25-15-2-1-3-16(11-15)28-22(30)13-32-18-7-4-14(5-8-18)10-21-23(31)29(24(33)34-21)17-6-9-19(26)20(27)12-17/h1-12H,13H2,(H,28,30)/b21-10-. The lowest BCUT2D eigenvalue weighted by Crippen LogP contribution is -2.27. The number of benzene rings is 3. The summed E-state index contributed by atoms with van der Waals surface area (Å²) in [5.74, 6) is -0.0366. The zero-order valence-electron chi connectivity index (χ0n) is 17.3. The molecule has 1 heterocycles. The highest BCUT2D eigenvalue weighted by atomic mass is 35.5. The van der Waals surface area contributed by atoms with Gasteiger partial charge in [0.15, 0.2) is 10.9 Å². The van der Waals surface area contributed by atoms with E-state index in [1.54, 1.807) is 72.8 Å². The molecule has 3 aromatic carbocycles. The summed E-state index contributed by atoms with van der Waals surface area (Å²) < 4.78 is 5.94. The number of ether oxygens (including phenoxy) is 1. The van der Waals surface area contributed by atoms with Gasteiger partial charge in [-0.15, -0.1) is 0 Å². The molecular weight excluding hydrogens is 535 g/mol. The molecule has 0 unspecified atom stereocenters. The van der Waals surface area contributed by atoms with Gasteiger partial charge in [0.2, 0.25) is 0 Å². The highest BCUT2D eigenvalue weighted by Crippen LogP contribution is 2.38. The third-order valence-corrected chi connectivity index (χ3v) is 6.89. The van der Waals surface area contributed by atoms with E-state index in [4.69, 9.17) is 51.8 Å². The van der Waals surface area contributed by atoms with Crippen molar-refractivity contribution in [2.75, 3.05) is 16.8 Å². The minimum Gasteiger partial charge on any atom is -0.484 e. The first kappa shape index (κ1) is 24.6. The van der Waals surface area contributed by atoms with Gasteiger partial charge >= 0.3 is 0 Å². The second-order valence-corrected chi connectivity index (χ2v) is 9.96. The summed E-state index contributed by atoms with van der Waals surface area (Å²) in [5, 5.41) is 3.99. The average Bonchev–Trinajstić information content (AvgIpc) is 3.08. The predicted octanol–water partition coefficient (Wildman–Crippen LogP) is 7.07. The molecule has 3 aromatic rings. The molecule has 2 amide bonds. The third-order valence-electron chi connectivity index (χ3n) is 4.61. The second kappa shape index (κ2) is 10.8. The number of nitrogens with one attached hydrogen (secondary N) is 1. The fourth-order valence-corrected chi connectivity index (χ4v) is 4.82. The van der Waals surface area contributed by atoms with Crippen LogP contribution >= 0.6 is 58.8 Å². The lowest BCUT2D eigenvalue weighted by molar-refractivity contribution is -0.118. The number of carbonyl (C=O) groups excluding carboxylic acids is 2. The summed E-state index contributed by atoms with van der Waals surface area (Å²) in [7, 11) is 0. The zero-order chi connectivity index (χ0) is 24.2. The fraction of sp³-hybridized carbons (Fsp3) is 0.0417. The van der Waals surface area contributed by atoms with E-state index in [-0.39, 0.29) is 18.4 Å². The van der Waals surface area contributed by atoms with Crippen molar-refractivity contribution in [1.29, 1.82) is 0 Å². The van der Waals surface area contributed by atoms with E-state index in [2.05, 4.69) is 5.32 Å². The molecule has 1 N–H and O–H groups in total. The Morgan fingerprint density at radius 3 is 2.50 bits per heavy atom.